The predicted octanol–water partition coefficient (Wildman–Crippen LogP) is 3.73. The molecule has 1 amide bonds. The molecule has 0 bridgehead atoms. The van der Waals surface area contributed by atoms with E-state index in [1.165, 1.54) is 23.0 Å². The summed E-state index contributed by atoms with van der Waals surface area (Å²) in [4.78, 5) is 47.9. The fraction of sp³-hybridized carbons (Fsp3) is 0.280. The number of aryl methyl sites for hydroxylation is 2. The van der Waals surface area contributed by atoms with E-state index in [-0.39, 0.29) is 30.2 Å². The Labute approximate surface area is 210 Å². The van der Waals surface area contributed by atoms with Gasteiger partial charge in [0.05, 0.1) is 18.2 Å². The third-order valence-electron chi connectivity index (χ3n) is 5.82. The van der Waals surface area contributed by atoms with Crippen LogP contribution in [0.2, 0.25) is 0 Å². The van der Waals surface area contributed by atoms with E-state index in [4.69, 9.17) is 4.74 Å². The highest BCUT2D eigenvalue weighted by Crippen LogP contribution is 2.28. The van der Waals surface area contributed by atoms with E-state index in [0.717, 1.165) is 38.7 Å². The van der Waals surface area contributed by atoms with Gasteiger partial charge in [0.2, 0.25) is 5.91 Å². The second kappa shape index (κ2) is 10.5. The van der Waals surface area contributed by atoms with Gasteiger partial charge in [0, 0.05) is 34.9 Å². The lowest BCUT2D eigenvalue weighted by Gasteiger charge is -2.16. The summed E-state index contributed by atoms with van der Waals surface area (Å²) in [6, 6.07) is 6.91. The predicted molar refractivity (Wildman–Crippen MR) is 140 cm³/mol. The zero-order chi connectivity index (χ0) is 25.1. The van der Waals surface area contributed by atoms with E-state index in [1.54, 1.807) is 6.08 Å². The number of amides is 1. The van der Waals surface area contributed by atoms with Gasteiger partial charge < -0.3 is 15.0 Å². The molecule has 1 unspecified atom stereocenters. The average Bonchev–Trinajstić information content (AvgIpc) is 3.39. The minimum absolute atomic E-state index is 0.0141. The second-order valence-corrected chi connectivity index (χ2v) is 10.2. The van der Waals surface area contributed by atoms with E-state index in [1.807, 2.05) is 44.3 Å². The summed E-state index contributed by atoms with van der Waals surface area (Å²) < 4.78 is 6.45. The van der Waals surface area contributed by atoms with Crippen LogP contribution >= 0.6 is 23.1 Å². The molecule has 4 rings (SSSR count). The van der Waals surface area contributed by atoms with Gasteiger partial charge in [0.25, 0.3) is 5.56 Å². The first-order valence-electron chi connectivity index (χ1n) is 11.0. The number of aromatic nitrogens is 3. The van der Waals surface area contributed by atoms with Crippen molar-refractivity contribution in [2.45, 2.75) is 38.0 Å². The number of nitrogens with zero attached hydrogens (tertiary/aromatic N) is 2. The molecule has 0 saturated carbocycles. The number of carbonyl (C=O) groups is 2. The number of H-pyrrole nitrogens is 1. The SMILES string of the molecule is C=CCn1c(SCC(=O)NC(Cc2c[nH]c3ccccc23)C(=O)OC)nc2sc(C)c(C)c2c1=O. The molecule has 3 aromatic heterocycles. The van der Waals surface area contributed by atoms with Crippen LogP contribution in [0, 0.1) is 13.8 Å². The fourth-order valence-electron chi connectivity index (χ4n) is 3.93. The number of nitrogens with one attached hydrogen (secondary N) is 2. The van der Waals surface area contributed by atoms with E-state index in [0.29, 0.717) is 15.4 Å². The van der Waals surface area contributed by atoms with E-state index in [9.17, 15) is 14.4 Å². The van der Waals surface area contributed by atoms with Crippen LogP contribution in [0.15, 0.2) is 53.1 Å². The Morgan fingerprint density at radius 3 is 2.86 bits per heavy atom. The van der Waals surface area contributed by atoms with Gasteiger partial charge in [-0.15, -0.1) is 17.9 Å². The van der Waals surface area contributed by atoms with Crippen LogP contribution in [0.5, 0.6) is 0 Å². The standard InChI is InChI=1S/C25H26N4O4S2/c1-5-10-29-23(31)21-14(2)15(3)35-22(21)28-25(29)34-13-20(30)27-19(24(32)33-4)11-16-12-26-18-9-7-6-8-17(16)18/h5-9,12,19,26H,1,10-11,13H2,2-4H3,(H,27,30). The zero-order valence-corrected chi connectivity index (χ0v) is 21.3. The lowest BCUT2D eigenvalue weighted by atomic mass is 10.0. The topological polar surface area (TPSA) is 106 Å². The number of fused-ring (bicyclic) bond motifs is 2. The summed E-state index contributed by atoms with van der Waals surface area (Å²) in [5, 5.41) is 4.80. The maximum atomic E-state index is 13.1. The van der Waals surface area contributed by atoms with Crippen LogP contribution in [0.1, 0.15) is 16.0 Å². The third-order valence-corrected chi connectivity index (χ3v) is 7.90. The highest BCUT2D eigenvalue weighted by atomic mass is 32.2. The van der Waals surface area contributed by atoms with Gasteiger partial charge in [-0.3, -0.25) is 14.2 Å². The summed E-state index contributed by atoms with van der Waals surface area (Å²) >= 11 is 2.61. The number of benzene rings is 1. The molecule has 0 fully saturated rings. The fourth-order valence-corrected chi connectivity index (χ4v) is 5.82. The summed E-state index contributed by atoms with van der Waals surface area (Å²) in [5.41, 5.74) is 2.63. The second-order valence-electron chi connectivity index (χ2n) is 8.06. The van der Waals surface area contributed by atoms with Gasteiger partial charge in [-0.25, -0.2) is 9.78 Å². The number of para-hydroxylation sites is 1. The Morgan fingerprint density at radius 2 is 2.11 bits per heavy atom. The number of hydrogen-bond acceptors (Lipinski definition) is 7. The Hall–Kier alpha value is -3.37. The highest BCUT2D eigenvalue weighted by molar-refractivity contribution is 7.99. The van der Waals surface area contributed by atoms with Crippen LogP contribution in [0.3, 0.4) is 0 Å². The number of aromatic amines is 1. The monoisotopic (exact) mass is 510 g/mol. The summed E-state index contributed by atoms with van der Waals surface area (Å²) in [6.45, 7) is 7.89. The summed E-state index contributed by atoms with van der Waals surface area (Å²) in [5.74, 6) is -0.899. The number of ether oxygens (including phenoxy) is 1. The van der Waals surface area contributed by atoms with Crippen LogP contribution < -0.4 is 10.9 Å². The van der Waals surface area contributed by atoms with Crippen molar-refractivity contribution in [3.8, 4) is 0 Å². The number of hydrogen-bond donors (Lipinski definition) is 2. The Morgan fingerprint density at radius 1 is 1.34 bits per heavy atom. The zero-order valence-electron chi connectivity index (χ0n) is 19.7. The van der Waals surface area contributed by atoms with Crippen molar-refractivity contribution in [2.24, 2.45) is 0 Å². The number of methoxy groups -OCH3 is 1. The van der Waals surface area contributed by atoms with Gasteiger partial charge in [0.1, 0.15) is 10.9 Å². The molecule has 0 aliphatic rings. The molecule has 0 spiro atoms. The van der Waals surface area contributed by atoms with Gasteiger partial charge in [-0.2, -0.15) is 0 Å². The first-order valence-corrected chi connectivity index (χ1v) is 12.8. The quantitative estimate of drug-likeness (QED) is 0.154. The number of rotatable bonds is 9. The Kier molecular flexibility index (Phi) is 7.42. The molecule has 8 nitrogen and oxygen atoms in total. The molecular formula is C25H26N4O4S2. The molecule has 1 aromatic carbocycles. The van der Waals surface area contributed by atoms with Crippen LogP contribution in [-0.4, -0.2) is 45.3 Å². The van der Waals surface area contributed by atoms with Gasteiger partial charge in [-0.05, 0) is 31.0 Å². The van der Waals surface area contributed by atoms with Crippen LogP contribution in [-0.2, 0) is 27.3 Å². The van der Waals surface area contributed by atoms with E-state index in [2.05, 4.69) is 21.9 Å². The van der Waals surface area contributed by atoms with Crippen molar-refractivity contribution in [1.82, 2.24) is 19.9 Å². The minimum atomic E-state index is -0.847. The molecule has 1 atom stereocenters. The molecule has 0 aliphatic carbocycles. The largest absolute Gasteiger partial charge is 0.467 e. The van der Waals surface area contributed by atoms with Crippen molar-refractivity contribution < 1.29 is 14.3 Å². The molecule has 35 heavy (non-hydrogen) atoms. The van der Waals surface area contributed by atoms with Crippen molar-refractivity contribution in [2.75, 3.05) is 12.9 Å². The molecule has 0 radical (unpaired) electrons. The molecule has 182 valence electrons. The lowest BCUT2D eigenvalue weighted by Crippen LogP contribution is -2.43. The summed E-state index contributed by atoms with van der Waals surface area (Å²) in [6.07, 6.45) is 3.74. The summed E-state index contributed by atoms with van der Waals surface area (Å²) in [7, 11) is 1.30. The van der Waals surface area contributed by atoms with Gasteiger partial charge in [-0.1, -0.05) is 36.0 Å². The molecule has 0 saturated heterocycles. The van der Waals surface area contributed by atoms with Crippen LogP contribution in [0.4, 0.5) is 0 Å². The average molecular weight is 511 g/mol. The normalized spacial score (nSPS) is 12.1. The number of allylic oxidation sites excluding steroid dienone is 1. The highest BCUT2D eigenvalue weighted by Gasteiger charge is 2.24. The van der Waals surface area contributed by atoms with Crippen molar-refractivity contribution in [3.05, 3.63) is 69.5 Å². The molecule has 10 heteroatoms. The van der Waals surface area contributed by atoms with Crippen molar-refractivity contribution >= 4 is 56.1 Å². The lowest BCUT2D eigenvalue weighted by molar-refractivity contribution is -0.144. The number of thioether (sulfide) groups is 1. The molecular weight excluding hydrogens is 484 g/mol. The smallest absolute Gasteiger partial charge is 0.328 e. The third kappa shape index (κ3) is 5.03. The molecule has 4 aromatic rings. The molecule has 2 N–H and O–H groups in total. The first kappa shape index (κ1) is 24.7. The van der Waals surface area contributed by atoms with Crippen molar-refractivity contribution in [3.63, 3.8) is 0 Å². The van der Waals surface area contributed by atoms with Gasteiger partial charge >= 0.3 is 5.97 Å². The number of esters is 1. The molecule has 0 aliphatic heterocycles. The minimum Gasteiger partial charge on any atom is -0.467 e. The van der Waals surface area contributed by atoms with Crippen molar-refractivity contribution in [1.29, 1.82) is 0 Å². The Balaban J connectivity index is 1.52. The Bertz CT molecular complexity index is 1480. The van der Waals surface area contributed by atoms with E-state index < -0.39 is 12.0 Å². The van der Waals surface area contributed by atoms with E-state index >= 15 is 0 Å². The maximum absolute atomic E-state index is 13.1. The number of thiophene rings is 1. The first-order chi connectivity index (χ1) is 16.8. The van der Waals surface area contributed by atoms with Crippen LogP contribution in [0.25, 0.3) is 21.1 Å². The molecule has 3 heterocycles. The maximum Gasteiger partial charge on any atom is 0.328 e. The number of carbonyl (C=O) groups excluding carboxylic acids is 2. The van der Waals surface area contributed by atoms with Gasteiger partial charge in [0.15, 0.2) is 5.16 Å².